The Labute approximate surface area is 55.1 Å². The van der Waals surface area contributed by atoms with Crippen LogP contribution in [0.25, 0.3) is 0 Å². The SMILES string of the molecule is N#CCC1C[NH2+]CCN1. The van der Waals surface area contributed by atoms with Gasteiger partial charge in [0.1, 0.15) is 0 Å². The van der Waals surface area contributed by atoms with Crippen LogP contribution in [0.15, 0.2) is 0 Å². The molecule has 3 heteroatoms. The van der Waals surface area contributed by atoms with Gasteiger partial charge in [-0.05, 0) is 0 Å². The molecule has 1 saturated heterocycles. The highest BCUT2D eigenvalue weighted by Gasteiger charge is 2.12. The molecule has 1 unspecified atom stereocenters. The van der Waals surface area contributed by atoms with Crippen LogP contribution in [-0.4, -0.2) is 25.7 Å². The van der Waals surface area contributed by atoms with Gasteiger partial charge in [0.2, 0.25) is 0 Å². The first-order valence-electron chi connectivity index (χ1n) is 3.35. The minimum atomic E-state index is 0.434. The summed E-state index contributed by atoms with van der Waals surface area (Å²) < 4.78 is 0. The molecule has 0 saturated carbocycles. The summed E-state index contributed by atoms with van der Waals surface area (Å²) in [7, 11) is 0. The van der Waals surface area contributed by atoms with Gasteiger partial charge in [0, 0.05) is 6.54 Å². The lowest BCUT2D eigenvalue weighted by atomic mass is 10.2. The zero-order chi connectivity index (χ0) is 6.53. The third-order valence-corrected chi connectivity index (χ3v) is 1.57. The van der Waals surface area contributed by atoms with Gasteiger partial charge < -0.3 is 10.6 Å². The summed E-state index contributed by atoms with van der Waals surface area (Å²) in [5.74, 6) is 0. The third kappa shape index (κ3) is 2.00. The number of piperazine rings is 1. The number of nitriles is 1. The van der Waals surface area contributed by atoms with Crippen molar-refractivity contribution in [1.29, 1.82) is 5.26 Å². The Morgan fingerprint density at radius 2 is 2.67 bits per heavy atom. The molecular formula is C6H12N3+. The van der Waals surface area contributed by atoms with Crippen LogP contribution in [-0.2, 0) is 0 Å². The topological polar surface area (TPSA) is 52.4 Å². The monoisotopic (exact) mass is 126 g/mol. The van der Waals surface area contributed by atoms with Crippen LogP contribution in [0, 0.1) is 11.3 Å². The van der Waals surface area contributed by atoms with Crippen LogP contribution >= 0.6 is 0 Å². The van der Waals surface area contributed by atoms with Gasteiger partial charge in [-0.1, -0.05) is 0 Å². The Bertz CT molecular complexity index is 110. The highest BCUT2D eigenvalue weighted by atomic mass is 15.0. The third-order valence-electron chi connectivity index (χ3n) is 1.57. The second-order valence-electron chi connectivity index (χ2n) is 2.33. The number of quaternary nitrogens is 1. The van der Waals surface area contributed by atoms with E-state index < -0.39 is 0 Å². The van der Waals surface area contributed by atoms with Gasteiger partial charge in [-0.3, -0.25) is 0 Å². The van der Waals surface area contributed by atoms with E-state index in [4.69, 9.17) is 5.26 Å². The van der Waals surface area contributed by atoms with E-state index in [9.17, 15) is 0 Å². The van der Waals surface area contributed by atoms with Crippen molar-refractivity contribution in [2.24, 2.45) is 0 Å². The van der Waals surface area contributed by atoms with Crippen molar-refractivity contribution in [2.75, 3.05) is 19.6 Å². The number of nitrogens with two attached hydrogens (primary N) is 1. The fourth-order valence-electron chi connectivity index (χ4n) is 1.06. The van der Waals surface area contributed by atoms with Gasteiger partial charge in [0.05, 0.1) is 31.6 Å². The van der Waals surface area contributed by atoms with Crippen LogP contribution < -0.4 is 10.6 Å². The Hall–Kier alpha value is -0.590. The van der Waals surface area contributed by atoms with Gasteiger partial charge in [-0.25, -0.2) is 0 Å². The number of nitrogens with one attached hydrogen (secondary N) is 1. The number of rotatable bonds is 1. The van der Waals surface area contributed by atoms with Crippen molar-refractivity contribution in [3.63, 3.8) is 0 Å². The number of nitrogens with zero attached hydrogens (tertiary/aromatic N) is 1. The minimum Gasteiger partial charge on any atom is -0.344 e. The van der Waals surface area contributed by atoms with Crippen molar-refractivity contribution in [2.45, 2.75) is 12.5 Å². The van der Waals surface area contributed by atoms with E-state index in [-0.39, 0.29) is 0 Å². The van der Waals surface area contributed by atoms with Crippen LogP contribution in [0.1, 0.15) is 6.42 Å². The molecular weight excluding hydrogens is 114 g/mol. The fourth-order valence-corrected chi connectivity index (χ4v) is 1.06. The Kier molecular flexibility index (Phi) is 2.49. The van der Waals surface area contributed by atoms with Crippen molar-refractivity contribution in [3.05, 3.63) is 0 Å². The summed E-state index contributed by atoms with van der Waals surface area (Å²) in [4.78, 5) is 0. The number of hydrogen-bond acceptors (Lipinski definition) is 2. The molecule has 3 N–H and O–H groups in total. The maximum Gasteiger partial charge on any atom is 0.0922 e. The highest BCUT2D eigenvalue weighted by Crippen LogP contribution is 1.86. The van der Waals surface area contributed by atoms with Gasteiger partial charge in [0.25, 0.3) is 0 Å². The largest absolute Gasteiger partial charge is 0.344 e. The highest BCUT2D eigenvalue weighted by molar-refractivity contribution is 4.80. The lowest BCUT2D eigenvalue weighted by molar-refractivity contribution is -0.662. The Morgan fingerprint density at radius 3 is 3.22 bits per heavy atom. The molecule has 0 amide bonds. The van der Waals surface area contributed by atoms with E-state index in [1.54, 1.807) is 0 Å². The molecule has 1 fully saturated rings. The molecule has 9 heavy (non-hydrogen) atoms. The predicted octanol–water partition coefficient (Wildman–Crippen LogP) is -1.56. The minimum absolute atomic E-state index is 0.434. The first-order valence-corrected chi connectivity index (χ1v) is 3.35. The standard InChI is InChI=1S/C6H11N3/c7-2-1-6-5-8-3-4-9-6/h6,8-9H,1,3-5H2/p+1. The molecule has 0 aliphatic carbocycles. The fraction of sp³-hybridized carbons (Fsp3) is 0.833. The molecule has 0 aromatic heterocycles. The lowest BCUT2D eigenvalue weighted by Crippen LogP contribution is -2.91. The normalized spacial score (nSPS) is 27.2. The van der Waals surface area contributed by atoms with Crippen LogP contribution in [0.3, 0.4) is 0 Å². The second kappa shape index (κ2) is 3.44. The van der Waals surface area contributed by atoms with Crippen LogP contribution in [0.4, 0.5) is 0 Å². The van der Waals surface area contributed by atoms with Crippen molar-refractivity contribution < 1.29 is 5.32 Å². The van der Waals surface area contributed by atoms with Gasteiger partial charge >= 0.3 is 0 Å². The van der Waals surface area contributed by atoms with E-state index in [1.807, 2.05) is 0 Å². The summed E-state index contributed by atoms with van der Waals surface area (Å²) in [6, 6.07) is 2.59. The molecule has 1 heterocycles. The molecule has 1 rings (SSSR count). The molecule has 3 nitrogen and oxygen atoms in total. The zero-order valence-corrected chi connectivity index (χ0v) is 5.43. The summed E-state index contributed by atoms with van der Waals surface area (Å²) in [5.41, 5.74) is 0. The first-order chi connectivity index (χ1) is 4.43. The zero-order valence-electron chi connectivity index (χ0n) is 5.43. The first kappa shape index (κ1) is 6.53. The second-order valence-corrected chi connectivity index (χ2v) is 2.33. The molecule has 1 atom stereocenters. The van der Waals surface area contributed by atoms with Gasteiger partial charge in [-0.15, -0.1) is 0 Å². The van der Waals surface area contributed by atoms with Crippen molar-refractivity contribution in [3.8, 4) is 6.07 Å². The summed E-state index contributed by atoms with van der Waals surface area (Å²) in [5, 5.41) is 13.8. The number of hydrogen-bond donors (Lipinski definition) is 2. The maximum atomic E-state index is 8.31. The van der Waals surface area contributed by atoms with E-state index >= 15 is 0 Å². The smallest absolute Gasteiger partial charge is 0.0922 e. The van der Waals surface area contributed by atoms with Crippen LogP contribution in [0.2, 0.25) is 0 Å². The van der Waals surface area contributed by atoms with E-state index in [2.05, 4.69) is 16.7 Å². The van der Waals surface area contributed by atoms with Gasteiger partial charge in [-0.2, -0.15) is 5.26 Å². The van der Waals surface area contributed by atoms with Crippen molar-refractivity contribution in [1.82, 2.24) is 5.32 Å². The maximum absolute atomic E-state index is 8.31. The van der Waals surface area contributed by atoms with E-state index in [0.29, 0.717) is 12.5 Å². The molecule has 0 aromatic rings. The summed E-state index contributed by atoms with van der Waals surface area (Å²) in [6.07, 6.45) is 0.649. The predicted molar refractivity (Wildman–Crippen MR) is 33.7 cm³/mol. The Balaban J connectivity index is 2.17. The average molecular weight is 126 g/mol. The molecule has 0 spiro atoms. The lowest BCUT2D eigenvalue weighted by Gasteiger charge is -2.18. The molecule has 0 radical (unpaired) electrons. The molecule has 50 valence electrons. The van der Waals surface area contributed by atoms with E-state index in [1.165, 1.54) is 0 Å². The van der Waals surface area contributed by atoms with Gasteiger partial charge in [0.15, 0.2) is 0 Å². The summed E-state index contributed by atoms with van der Waals surface area (Å²) >= 11 is 0. The Morgan fingerprint density at radius 1 is 1.78 bits per heavy atom. The molecule has 0 aromatic carbocycles. The molecule has 1 aliphatic heterocycles. The van der Waals surface area contributed by atoms with E-state index in [0.717, 1.165) is 19.6 Å². The molecule has 0 bridgehead atoms. The quantitative estimate of drug-likeness (QED) is 0.446. The van der Waals surface area contributed by atoms with Crippen LogP contribution in [0.5, 0.6) is 0 Å². The molecule has 1 aliphatic rings. The average Bonchev–Trinajstić information content (AvgIpc) is 1.91. The summed E-state index contributed by atoms with van der Waals surface area (Å²) in [6.45, 7) is 3.27. The van der Waals surface area contributed by atoms with Crippen molar-refractivity contribution >= 4 is 0 Å².